The number of amides is 1. The number of benzene rings is 1. The summed E-state index contributed by atoms with van der Waals surface area (Å²) in [5.41, 5.74) is 1.61. The third kappa shape index (κ3) is 2.15. The largest absolute Gasteiger partial charge is 0.465 e. The van der Waals surface area contributed by atoms with Crippen LogP contribution in [-0.2, 0) is 14.3 Å². The van der Waals surface area contributed by atoms with Crippen LogP contribution in [0.1, 0.15) is 6.92 Å². The number of halogens is 1. The van der Waals surface area contributed by atoms with Crippen LogP contribution in [0.2, 0.25) is 5.02 Å². The molecule has 5 heteroatoms. The van der Waals surface area contributed by atoms with Crippen LogP contribution in [0, 0.1) is 0 Å². The topological polar surface area (TPSA) is 46.6 Å². The second-order valence-corrected chi connectivity index (χ2v) is 4.49. The lowest BCUT2D eigenvalue weighted by Gasteiger charge is -2.18. The zero-order valence-electron chi connectivity index (χ0n) is 10.6. The van der Waals surface area contributed by atoms with Gasteiger partial charge in [0, 0.05) is 16.4 Å². The Hall–Kier alpha value is -2.07. The minimum atomic E-state index is -0.653. The molecule has 2 rings (SSSR count). The first-order valence-electron chi connectivity index (χ1n) is 5.56. The average Bonchev–Trinajstić information content (AvgIpc) is 2.61. The third-order valence-corrected chi connectivity index (χ3v) is 3.22. The molecule has 0 aromatic heterocycles. The van der Waals surface area contributed by atoms with Crippen molar-refractivity contribution in [3.05, 3.63) is 52.7 Å². The molecule has 0 radical (unpaired) electrons. The van der Waals surface area contributed by atoms with Crippen molar-refractivity contribution in [2.75, 3.05) is 12.0 Å². The zero-order valence-corrected chi connectivity index (χ0v) is 11.3. The second-order valence-electron chi connectivity index (χ2n) is 4.06. The van der Waals surface area contributed by atoms with Crippen LogP contribution in [0.25, 0.3) is 0 Å². The number of nitrogens with zero attached hydrogens (tertiary/aromatic N) is 1. The molecule has 1 aliphatic rings. The average molecular weight is 278 g/mol. The van der Waals surface area contributed by atoms with E-state index in [1.807, 2.05) is 0 Å². The van der Waals surface area contributed by atoms with E-state index in [1.165, 1.54) is 12.0 Å². The predicted molar refractivity (Wildman–Crippen MR) is 72.8 cm³/mol. The van der Waals surface area contributed by atoms with Gasteiger partial charge in [0.15, 0.2) is 0 Å². The fourth-order valence-electron chi connectivity index (χ4n) is 1.91. The molecule has 0 atom stereocenters. The molecule has 1 aliphatic heterocycles. The molecule has 4 nitrogen and oxygen atoms in total. The summed E-state index contributed by atoms with van der Waals surface area (Å²) in [4.78, 5) is 25.3. The third-order valence-electron chi connectivity index (χ3n) is 2.97. The van der Waals surface area contributed by atoms with E-state index in [0.29, 0.717) is 22.0 Å². The number of carbonyl (C=O) groups excluding carboxylic acids is 2. The van der Waals surface area contributed by atoms with E-state index in [0.717, 1.165) is 0 Å². The van der Waals surface area contributed by atoms with E-state index in [2.05, 4.69) is 11.3 Å². The van der Waals surface area contributed by atoms with Crippen molar-refractivity contribution < 1.29 is 14.3 Å². The molecule has 98 valence electrons. The van der Waals surface area contributed by atoms with Gasteiger partial charge in [-0.1, -0.05) is 18.2 Å². The Morgan fingerprint density at radius 1 is 1.32 bits per heavy atom. The van der Waals surface area contributed by atoms with Gasteiger partial charge in [-0.25, -0.2) is 4.79 Å². The molecule has 0 bridgehead atoms. The molecule has 0 fully saturated rings. The maximum Gasteiger partial charge on any atom is 0.343 e. The number of ether oxygens (including phenoxy) is 1. The second kappa shape index (κ2) is 4.90. The molecule has 1 aromatic rings. The van der Waals surface area contributed by atoms with Gasteiger partial charge in [0.1, 0.15) is 5.57 Å². The van der Waals surface area contributed by atoms with Gasteiger partial charge in [0.05, 0.1) is 7.11 Å². The van der Waals surface area contributed by atoms with Crippen molar-refractivity contribution in [2.45, 2.75) is 6.92 Å². The van der Waals surface area contributed by atoms with E-state index in [9.17, 15) is 9.59 Å². The summed E-state index contributed by atoms with van der Waals surface area (Å²) in [7, 11) is 1.24. The van der Waals surface area contributed by atoms with Crippen LogP contribution >= 0.6 is 11.6 Å². The summed E-state index contributed by atoms with van der Waals surface area (Å²) >= 11 is 5.81. The highest BCUT2D eigenvalue weighted by Gasteiger charge is 2.37. The number of anilines is 1. The van der Waals surface area contributed by atoms with Crippen molar-refractivity contribution in [3.63, 3.8) is 0 Å². The van der Waals surface area contributed by atoms with Crippen LogP contribution in [-0.4, -0.2) is 19.0 Å². The fourth-order valence-corrected chi connectivity index (χ4v) is 2.04. The van der Waals surface area contributed by atoms with Gasteiger partial charge >= 0.3 is 5.97 Å². The van der Waals surface area contributed by atoms with Gasteiger partial charge in [0.2, 0.25) is 0 Å². The standard InChI is InChI=1S/C14H12ClNO3/c1-8-9(2)16(11-6-4-10(15)5-7-11)13(17)12(8)14(18)19-3/h4-7H,2H2,1,3H3. The van der Waals surface area contributed by atoms with Crippen molar-refractivity contribution in [1.82, 2.24) is 0 Å². The molecule has 0 spiro atoms. The molecule has 0 saturated heterocycles. The summed E-state index contributed by atoms with van der Waals surface area (Å²) in [6, 6.07) is 6.73. The number of carbonyl (C=O) groups is 2. The Balaban J connectivity index is 2.43. The number of rotatable bonds is 2. The normalized spacial score (nSPS) is 15.2. The predicted octanol–water partition coefficient (Wildman–Crippen LogP) is 2.69. The molecule has 0 unspecified atom stereocenters. The number of methoxy groups -OCH3 is 1. The Bertz CT molecular complexity index is 602. The van der Waals surface area contributed by atoms with Gasteiger partial charge in [0.25, 0.3) is 5.91 Å². The smallest absolute Gasteiger partial charge is 0.343 e. The quantitative estimate of drug-likeness (QED) is 0.617. The lowest BCUT2D eigenvalue weighted by molar-refractivity contribution is -0.137. The monoisotopic (exact) mass is 277 g/mol. The van der Waals surface area contributed by atoms with Crippen molar-refractivity contribution in [3.8, 4) is 0 Å². The molecule has 1 amide bonds. The summed E-state index contributed by atoms with van der Waals surface area (Å²) in [6.07, 6.45) is 0. The van der Waals surface area contributed by atoms with Crippen molar-refractivity contribution in [2.24, 2.45) is 0 Å². The molecule has 0 aliphatic carbocycles. The number of esters is 1. The number of hydrogen-bond acceptors (Lipinski definition) is 3. The Kier molecular flexibility index (Phi) is 3.44. The van der Waals surface area contributed by atoms with E-state index < -0.39 is 11.9 Å². The zero-order chi connectivity index (χ0) is 14.2. The minimum absolute atomic E-state index is 0.0162. The molecule has 1 aromatic carbocycles. The Labute approximate surface area is 115 Å². The Morgan fingerprint density at radius 2 is 1.89 bits per heavy atom. The summed E-state index contributed by atoms with van der Waals surface area (Å²) in [6.45, 7) is 5.51. The molecule has 0 saturated carbocycles. The molecular weight excluding hydrogens is 266 g/mol. The fraction of sp³-hybridized carbons (Fsp3) is 0.143. The van der Waals surface area contributed by atoms with Gasteiger partial charge in [-0.05, 0) is 36.8 Å². The van der Waals surface area contributed by atoms with Crippen LogP contribution in [0.5, 0.6) is 0 Å². The maximum atomic E-state index is 12.3. The Morgan fingerprint density at radius 3 is 2.42 bits per heavy atom. The van der Waals surface area contributed by atoms with Crippen LogP contribution in [0.15, 0.2) is 47.7 Å². The van der Waals surface area contributed by atoms with Crippen LogP contribution < -0.4 is 4.90 Å². The maximum absolute atomic E-state index is 12.3. The van der Waals surface area contributed by atoms with E-state index in [-0.39, 0.29) is 5.57 Å². The highest BCUT2D eigenvalue weighted by atomic mass is 35.5. The van der Waals surface area contributed by atoms with Gasteiger partial charge < -0.3 is 4.74 Å². The molecular formula is C14H12ClNO3. The van der Waals surface area contributed by atoms with E-state index in [4.69, 9.17) is 11.6 Å². The lowest BCUT2D eigenvalue weighted by atomic mass is 10.1. The number of allylic oxidation sites excluding steroid dienone is 1. The first-order chi connectivity index (χ1) is 8.97. The molecule has 1 heterocycles. The summed E-state index contributed by atoms with van der Waals surface area (Å²) < 4.78 is 4.62. The number of hydrogen-bond donors (Lipinski definition) is 0. The van der Waals surface area contributed by atoms with Crippen LogP contribution in [0.4, 0.5) is 5.69 Å². The summed E-state index contributed by atoms with van der Waals surface area (Å²) in [5, 5.41) is 0.568. The first kappa shape index (κ1) is 13.4. The van der Waals surface area contributed by atoms with E-state index >= 15 is 0 Å². The molecule has 19 heavy (non-hydrogen) atoms. The minimum Gasteiger partial charge on any atom is -0.465 e. The van der Waals surface area contributed by atoms with E-state index in [1.54, 1.807) is 31.2 Å². The summed E-state index contributed by atoms with van der Waals surface area (Å²) in [5.74, 6) is -1.09. The van der Waals surface area contributed by atoms with Gasteiger partial charge in [-0.3, -0.25) is 9.69 Å². The van der Waals surface area contributed by atoms with Crippen molar-refractivity contribution >= 4 is 29.2 Å². The molecule has 0 N–H and O–H groups in total. The highest BCUT2D eigenvalue weighted by molar-refractivity contribution is 6.31. The van der Waals surface area contributed by atoms with Crippen LogP contribution in [0.3, 0.4) is 0 Å². The SMILES string of the molecule is C=C1C(C)=C(C(=O)OC)C(=O)N1c1ccc(Cl)cc1. The lowest BCUT2D eigenvalue weighted by Crippen LogP contribution is -2.27. The van der Waals surface area contributed by atoms with Gasteiger partial charge in [-0.15, -0.1) is 0 Å². The van der Waals surface area contributed by atoms with Crippen molar-refractivity contribution in [1.29, 1.82) is 0 Å². The van der Waals surface area contributed by atoms with Gasteiger partial charge in [-0.2, -0.15) is 0 Å². The first-order valence-corrected chi connectivity index (χ1v) is 5.93. The highest BCUT2D eigenvalue weighted by Crippen LogP contribution is 2.33.